The summed E-state index contributed by atoms with van der Waals surface area (Å²) in [6.07, 6.45) is 1.55. The summed E-state index contributed by atoms with van der Waals surface area (Å²) in [7, 11) is 0. The summed E-state index contributed by atoms with van der Waals surface area (Å²) in [5.41, 5.74) is 1.17. The molecule has 136 valence electrons. The number of amides is 2. The van der Waals surface area contributed by atoms with Gasteiger partial charge in [-0.15, -0.1) is 0 Å². The highest BCUT2D eigenvalue weighted by atomic mass is 35.5. The zero-order chi connectivity index (χ0) is 18.8. The normalized spacial score (nSPS) is 13.1. The molecular weight excluding hydrogens is 375 g/mol. The van der Waals surface area contributed by atoms with E-state index in [2.05, 4.69) is 10.3 Å². The fraction of sp³-hybridized carbons (Fsp3) is 0.278. The van der Waals surface area contributed by atoms with Gasteiger partial charge in [-0.2, -0.15) is 0 Å². The lowest BCUT2D eigenvalue weighted by Crippen LogP contribution is -2.38. The third-order valence-electron chi connectivity index (χ3n) is 4.27. The van der Waals surface area contributed by atoms with Crippen molar-refractivity contribution in [2.75, 3.05) is 29.9 Å². The number of benzene rings is 1. The van der Waals surface area contributed by atoms with Gasteiger partial charge in [-0.05, 0) is 37.4 Å². The number of halogens is 2. The van der Waals surface area contributed by atoms with Crippen molar-refractivity contribution in [3.05, 3.63) is 46.1 Å². The highest BCUT2D eigenvalue weighted by Crippen LogP contribution is 2.41. The minimum atomic E-state index is -0.356. The van der Waals surface area contributed by atoms with Gasteiger partial charge >= 0.3 is 0 Å². The zero-order valence-corrected chi connectivity index (χ0v) is 15.9. The number of anilines is 3. The first-order valence-electron chi connectivity index (χ1n) is 8.27. The van der Waals surface area contributed by atoms with Gasteiger partial charge in [0.1, 0.15) is 0 Å². The number of aromatic nitrogens is 1. The third-order valence-corrected chi connectivity index (χ3v) is 5.00. The molecule has 0 fully saturated rings. The molecule has 0 saturated carbocycles. The van der Waals surface area contributed by atoms with Crippen LogP contribution >= 0.6 is 23.2 Å². The molecule has 1 aromatic heterocycles. The fourth-order valence-electron chi connectivity index (χ4n) is 2.84. The van der Waals surface area contributed by atoms with E-state index in [1.807, 2.05) is 18.7 Å². The van der Waals surface area contributed by atoms with E-state index >= 15 is 0 Å². The average molecular weight is 393 g/mol. The molecular formula is C18H18Cl2N4O2. The Labute approximate surface area is 161 Å². The van der Waals surface area contributed by atoms with Crippen LogP contribution in [0.4, 0.5) is 17.2 Å². The Morgan fingerprint density at radius 2 is 1.92 bits per heavy atom. The lowest BCUT2D eigenvalue weighted by Gasteiger charge is -2.26. The van der Waals surface area contributed by atoms with Crippen molar-refractivity contribution in [3.63, 3.8) is 0 Å². The molecule has 0 aliphatic carbocycles. The van der Waals surface area contributed by atoms with Crippen LogP contribution in [0, 0.1) is 0 Å². The topological polar surface area (TPSA) is 65.5 Å². The van der Waals surface area contributed by atoms with Crippen LogP contribution in [0.3, 0.4) is 0 Å². The van der Waals surface area contributed by atoms with Crippen molar-refractivity contribution >= 4 is 52.2 Å². The van der Waals surface area contributed by atoms with Crippen LogP contribution in [0.1, 0.15) is 24.2 Å². The third kappa shape index (κ3) is 3.40. The molecule has 0 spiro atoms. The molecule has 3 rings (SSSR count). The number of carbonyl (C=O) groups excluding carboxylic acids is 2. The van der Waals surface area contributed by atoms with Crippen LogP contribution < -0.4 is 10.2 Å². The number of carbonyl (C=O) groups is 2. The van der Waals surface area contributed by atoms with Crippen molar-refractivity contribution in [2.45, 2.75) is 13.8 Å². The van der Waals surface area contributed by atoms with Gasteiger partial charge in [0.25, 0.3) is 5.91 Å². The Bertz CT molecular complexity index is 868. The number of rotatable bonds is 4. The molecule has 0 unspecified atom stereocenters. The highest BCUT2D eigenvalue weighted by molar-refractivity contribution is 6.42. The summed E-state index contributed by atoms with van der Waals surface area (Å²) in [4.78, 5) is 33.4. The van der Waals surface area contributed by atoms with E-state index in [4.69, 9.17) is 23.2 Å². The monoisotopic (exact) mass is 392 g/mol. The Morgan fingerprint density at radius 3 is 2.62 bits per heavy atom. The Kier molecular flexibility index (Phi) is 5.46. The minimum absolute atomic E-state index is 0.191. The van der Waals surface area contributed by atoms with Gasteiger partial charge in [0.15, 0.2) is 5.82 Å². The second-order valence-corrected chi connectivity index (χ2v) is 6.62. The van der Waals surface area contributed by atoms with E-state index in [1.54, 1.807) is 30.5 Å². The lowest BCUT2D eigenvalue weighted by molar-refractivity contribution is -0.119. The Hall–Kier alpha value is -2.15. The van der Waals surface area contributed by atoms with Crippen LogP contribution in [0.25, 0.3) is 0 Å². The molecule has 1 aliphatic rings. The van der Waals surface area contributed by atoms with Crippen molar-refractivity contribution < 1.29 is 9.59 Å². The van der Waals surface area contributed by atoms with Crippen LogP contribution in [0.5, 0.6) is 0 Å². The number of fused-ring (bicyclic) bond motifs is 2. The number of likely N-dealkylation sites (N-methyl/N-ethyl adjacent to an activating group) is 1. The van der Waals surface area contributed by atoms with Gasteiger partial charge in [0, 0.05) is 6.20 Å². The molecule has 2 amide bonds. The molecule has 2 aromatic rings. The minimum Gasteiger partial charge on any atom is -0.320 e. The standard InChI is InChI=1S/C18H18Cl2N4O2/c1-3-23(4-2)10-16(25)24-15-9-13(20)12(19)8-14(15)22-18(26)11-6-5-7-21-17(11)24/h5-9H,3-4,10H2,1-2H3,(H,22,26). The smallest absolute Gasteiger partial charge is 0.259 e. The van der Waals surface area contributed by atoms with Crippen molar-refractivity contribution in [3.8, 4) is 0 Å². The maximum atomic E-state index is 13.1. The number of pyridine rings is 1. The number of hydrogen-bond donors (Lipinski definition) is 1. The van der Waals surface area contributed by atoms with E-state index in [0.29, 0.717) is 27.0 Å². The van der Waals surface area contributed by atoms with Gasteiger partial charge in [-0.1, -0.05) is 37.0 Å². The molecule has 2 heterocycles. The van der Waals surface area contributed by atoms with E-state index < -0.39 is 0 Å². The largest absolute Gasteiger partial charge is 0.320 e. The number of hydrogen-bond acceptors (Lipinski definition) is 4. The second kappa shape index (κ2) is 7.61. The molecule has 26 heavy (non-hydrogen) atoms. The summed E-state index contributed by atoms with van der Waals surface area (Å²) in [6.45, 7) is 5.63. The molecule has 0 atom stereocenters. The molecule has 1 aliphatic heterocycles. The van der Waals surface area contributed by atoms with Gasteiger partial charge in [0.2, 0.25) is 5.91 Å². The first-order chi connectivity index (χ1) is 12.5. The fourth-order valence-corrected chi connectivity index (χ4v) is 3.16. The van der Waals surface area contributed by atoms with Crippen molar-refractivity contribution in [2.24, 2.45) is 0 Å². The molecule has 0 radical (unpaired) electrons. The molecule has 0 saturated heterocycles. The van der Waals surface area contributed by atoms with Crippen LogP contribution in [0.2, 0.25) is 10.0 Å². The summed E-state index contributed by atoms with van der Waals surface area (Å²) in [5, 5.41) is 3.37. The lowest BCUT2D eigenvalue weighted by atomic mass is 10.2. The Morgan fingerprint density at radius 1 is 1.23 bits per heavy atom. The van der Waals surface area contributed by atoms with Gasteiger partial charge in [-0.3, -0.25) is 19.4 Å². The summed E-state index contributed by atoms with van der Waals surface area (Å²) in [5.74, 6) is -0.282. The van der Waals surface area contributed by atoms with E-state index in [0.717, 1.165) is 13.1 Å². The molecule has 0 bridgehead atoms. The molecule has 1 N–H and O–H groups in total. The second-order valence-electron chi connectivity index (χ2n) is 5.80. The first-order valence-corrected chi connectivity index (χ1v) is 9.02. The predicted octanol–water partition coefficient (Wildman–Crippen LogP) is 3.96. The maximum absolute atomic E-state index is 13.1. The van der Waals surface area contributed by atoms with E-state index in [9.17, 15) is 9.59 Å². The SMILES string of the molecule is CCN(CC)CC(=O)N1c2cc(Cl)c(Cl)cc2NC(=O)c2cccnc21. The van der Waals surface area contributed by atoms with Gasteiger partial charge in [-0.25, -0.2) is 4.98 Å². The van der Waals surface area contributed by atoms with Crippen molar-refractivity contribution in [1.82, 2.24) is 9.88 Å². The van der Waals surface area contributed by atoms with E-state index in [1.165, 1.54) is 4.90 Å². The van der Waals surface area contributed by atoms with Crippen LogP contribution in [-0.2, 0) is 4.79 Å². The first kappa shape index (κ1) is 18.6. The zero-order valence-electron chi connectivity index (χ0n) is 14.4. The van der Waals surface area contributed by atoms with Gasteiger partial charge < -0.3 is 5.32 Å². The number of nitrogens with one attached hydrogen (secondary N) is 1. The van der Waals surface area contributed by atoms with Crippen molar-refractivity contribution in [1.29, 1.82) is 0 Å². The molecule has 1 aromatic carbocycles. The summed E-state index contributed by atoms with van der Waals surface area (Å²) >= 11 is 12.3. The summed E-state index contributed by atoms with van der Waals surface area (Å²) < 4.78 is 0. The van der Waals surface area contributed by atoms with Crippen LogP contribution in [0.15, 0.2) is 30.5 Å². The Balaban J connectivity index is 2.18. The predicted molar refractivity (Wildman–Crippen MR) is 104 cm³/mol. The van der Waals surface area contributed by atoms with Crippen LogP contribution in [-0.4, -0.2) is 41.3 Å². The average Bonchev–Trinajstić information content (AvgIpc) is 2.74. The molecule has 6 nitrogen and oxygen atoms in total. The molecule has 8 heteroatoms. The highest BCUT2D eigenvalue weighted by Gasteiger charge is 2.31. The van der Waals surface area contributed by atoms with E-state index in [-0.39, 0.29) is 24.2 Å². The quantitative estimate of drug-likeness (QED) is 0.854. The summed E-state index contributed by atoms with van der Waals surface area (Å²) in [6, 6.07) is 6.40. The maximum Gasteiger partial charge on any atom is 0.259 e. The number of nitrogens with zero attached hydrogens (tertiary/aromatic N) is 3. The van der Waals surface area contributed by atoms with Gasteiger partial charge in [0.05, 0.1) is 33.5 Å².